The second-order valence-corrected chi connectivity index (χ2v) is 5.22. The maximum Gasteiger partial charge on any atom is 0.253 e. The minimum absolute atomic E-state index is 0.0500. The van der Waals surface area contributed by atoms with E-state index in [9.17, 15) is 4.79 Å². The smallest absolute Gasteiger partial charge is 0.253 e. The molecule has 0 saturated carbocycles. The van der Waals surface area contributed by atoms with Gasteiger partial charge in [0.15, 0.2) is 0 Å². The molecule has 0 aliphatic rings. The summed E-state index contributed by atoms with van der Waals surface area (Å²) in [4.78, 5) is 13.5. The summed E-state index contributed by atoms with van der Waals surface area (Å²) in [6.45, 7) is 5.26. The molecule has 1 N–H and O–H groups in total. The molecule has 1 rings (SSSR count). The summed E-state index contributed by atoms with van der Waals surface area (Å²) in [6.07, 6.45) is 4.99. The fraction of sp³-hybridized carbons (Fsp3) is 0.562. The van der Waals surface area contributed by atoms with Crippen LogP contribution < -0.4 is 5.32 Å². The van der Waals surface area contributed by atoms with Crippen LogP contribution in [0.1, 0.15) is 48.5 Å². The van der Waals surface area contributed by atoms with Crippen LogP contribution in [0.3, 0.4) is 0 Å². The predicted molar refractivity (Wildman–Crippen MR) is 81.8 cm³/mol. The number of nitrogens with zero attached hydrogens (tertiary/aromatic N) is 1. The van der Waals surface area contributed by atoms with Gasteiger partial charge in [-0.25, -0.2) is 0 Å². The standard InChI is InChI=1S/C16H26N2O/c1-5-6-7-8-11-17-15-12-14(10-9-13(15)2)16(19)18(3)4/h9-10,12,17H,5-8,11H2,1-4H3. The molecular formula is C16H26N2O. The van der Waals surface area contributed by atoms with E-state index in [1.54, 1.807) is 19.0 Å². The Kier molecular flexibility index (Phi) is 6.40. The highest BCUT2D eigenvalue weighted by Crippen LogP contribution is 2.18. The van der Waals surface area contributed by atoms with E-state index < -0.39 is 0 Å². The van der Waals surface area contributed by atoms with Crippen LogP contribution in [0.15, 0.2) is 18.2 Å². The SMILES string of the molecule is CCCCCCNc1cc(C(=O)N(C)C)ccc1C. The fourth-order valence-corrected chi connectivity index (χ4v) is 1.98. The molecule has 19 heavy (non-hydrogen) atoms. The van der Waals surface area contributed by atoms with Gasteiger partial charge < -0.3 is 10.2 Å². The lowest BCUT2D eigenvalue weighted by molar-refractivity contribution is 0.0827. The summed E-state index contributed by atoms with van der Waals surface area (Å²) in [5.74, 6) is 0.0500. The quantitative estimate of drug-likeness (QED) is 0.760. The Morgan fingerprint density at radius 2 is 1.95 bits per heavy atom. The number of unbranched alkanes of at least 4 members (excludes halogenated alkanes) is 3. The first-order valence-corrected chi connectivity index (χ1v) is 7.12. The van der Waals surface area contributed by atoms with Gasteiger partial charge in [0.25, 0.3) is 5.91 Å². The molecule has 3 heteroatoms. The van der Waals surface area contributed by atoms with Crippen molar-refractivity contribution < 1.29 is 4.79 Å². The summed E-state index contributed by atoms with van der Waals surface area (Å²) in [5, 5.41) is 3.44. The summed E-state index contributed by atoms with van der Waals surface area (Å²) >= 11 is 0. The minimum Gasteiger partial charge on any atom is -0.385 e. The third-order valence-electron chi connectivity index (χ3n) is 3.24. The van der Waals surface area contributed by atoms with Gasteiger partial charge in [-0.3, -0.25) is 4.79 Å². The van der Waals surface area contributed by atoms with Crippen molar-refractivity contribution >= 4 is 11.6 Å². The van der Waals surface area contributed by atoms with Crippen molar-refractivity contribution in [2.75, 3.05) is 26.0 Å². The number of rotatable bonds is 7. The molecule has 1 aromatic carbocycles. The normalized spacial score (nSPS) is 10.3. The number of carbonyl (C=O) groups excluding carboxylic acids is 1. The van der Waals surface area contributed by atoms with Gasteiger partial charge >= 0.3 is 0 Å². The first-order valence-electron chi connectivity index (χ1n) is 7.12. The van der Waals surface area contributed by atoms with Crippen molar-refractivity contribution in [2.24, 2.45) is 0 Å². The van der Waals surface area contributed by atoms with Crippen LogP contribution in [-0.2, 0) is 0 Å². The lowest BCUT2D eigenvalue weighted by Gasteiger charge is -2.14. The number of benzene rings is 1. The molecule has 0 aliphatic heterocycles. The Bertz CT molecular complexity index is 413. The van der Waals surface area contributed by atoms with Crippen LogP contribution >= 0.6 is 0 Å². The molecule has 0 unspecified atom stereocenters. The number of nitrogens with one attached hydrogen (secondary N) is 1. The van der Waals surface area contributed by atoms with Gasteiger partial charge in [-0.2, -0.15) is 0 Å². The zero-order valence-electron chi connectivity index (χ0n) is 12.6. The van der Waals surface area contributed by atoms with Gasteiger partial charge in [-0.15, -0.1) is 0 Å². The Morgan fingerprint density at radius 1 is 1.21 bits per heavy atom. The van der Waals surface area contributed by atoms with E-state index in [2.05, 4.69) is 19.2 Å². The lowest BCUT2D eigenvalue weighted by atomic mass is 10.1. The third-order valence-corrected chi connectivity index (χ3v) is 3.24. The molecule has 0 heterocycles. The van der Waals surface area contributed by atoms with E-state index in [0.717, 1.165) is 17.8 Å². The van der Waals surface area contributed by atoms with Crippen LogP contribution in [0.5, 0.6) is 0 Å². The molecule has 106 valence electrons. The van der Waals surface area contributed by atoms with Crippen molar-refractivity contribution in [3.63, 3.8) is 0 Å². The molecule has 3 nitrogen and oxygen atoms in total. The molecule has 0 bridgehead atoms. The van der Waals surface area contributed by atoms with Gasteiger partial charge in [0, 0.05) is 31.9 Å². The van der Waals surface area contributed by atoms with E-state index in [0.29, 0.717) is 0 Å². The summed E-state index contributed by atoms with van der Waals surface area (Å²) in [7, 11) is 3.56. The van der Waals surface area contributed by atoms with Gasteiger partial charge in [0.2, 0.25) is 0 Å². The van der Waals surface area contributed by atoms with E-state index in [1.807, 2.05) is 18.2 Å². The first kappa shape index (κ1) is 15.5. The Morgan fingerprint density at radius 3 is 2.58 bits per heavy atom. The molecule has 0 spiro atoms. The molecule has 0 aromatic heterocycles. The molecule has 0 fully saturated rings. The highest BCUT2D eigenvalue weighted by molar-refractivity contribution is 5.95. The highest BCUT2D eigenvalue weighted by Gasteiger charge is 2.09. The van der Waals surface area contributed by atoms with Crippen LogP contribution in [0.2, 0.25) is 0 Å². The van der Waals surface area contributed by atoms with Gasteiger partial charge in [0.05, 0.1) is 0 Å². The van der Waals surface area contributed by atoms with Gasteiger partial charge in [-0.05, 0) is 31.0 Å². The lowest BCUT2D eigenvalue weighted by Crippen LogP contribution is -2.21. The Hall–Kier alpha value is -1.51. The Balaban J connectivity index is 2.62. The second-order valence-electron chi connectivity index (χ2n) is 5.22. The fourth-order valence-electron chi connectivity index (χ4n) is 1.98. The monoisotopic (exact) mass is 262 g/mol. The highest BCUT2D eigenvalue weighted by atomic mass is 16.2. The van der Waals surface area contributed by atoms with E-state index in [-0.39, 0.29) is 5.91 Å². The van der Waals surface area contributed by atoms with E-state index in [4.69, 9.17) is 0 Å². The first-order chi connectivity index (χ1) is 9.06. The average molecular weight is 262 g/mol. The number of hydrogen-bond donors (Lipinski definition) is 1. The van der Waals surface area contributed by atoms with Crippen LogP contribution in [0.25, 0.3) is 0 Å². The van der Waals surface area contributed by atoms with E-state index >= 15 is 0 Å². The van der Waals surface area contributed by atoms with Crippen molar-refractivity contribution in [2.45, 2.75) is 39.5 Å². The van der Waals surface area contributed by atoms with Crippen LogP contribution in [0, 0.1) is 6.92 Å². The molecule has 1 amide bonds. The maximum atomic E-state index is 11.9. The van der Waals surface area contributed by atoms with Gasteiger partial charge in [0.1, 0.15) is 0 Å². The van der Waals surface area contributed by atoms with Crippen LogP contribution in [0.4, 0.5) is 5.69 Å². The number of amides is 1. The second kappa shape index (κ2) is 7.82. The van der Waals surface area contributed by atoms with Crippen LogP contribution in [-0.4, -0.2) is 31.4 Å². The minimum atomic E-state index is 0.0500. The topological polar surface area (TPSA) is 32.3 Å². The zero-order chi connectivity index (χ0) is 14.3. The molecule has 0 aliphatic carbocycles. The maximum absolute atomic E-state index is 11.9. The molecular weight excluding hydrogens is 236 g/mol. The predicted octanol–water partition coefficient (Wildman–Crippen LogP) is 3.69. The Labute approximate surface area is 117 Å². The van der Waals surface area contributed by atoms with Crippen molar-refractivity contribution in [3.8, 4) is 0 Å². The van der Waals surface area contributed by atoms with Crippen molar-refractivity contribution in [3.05, 3.63) is 29.3 Å². The average Bonchev–Trinajstić information content (AvgIpc) is 2.39. The van der Waals surface area contributed by atoms with Crippen molar-refractivity contribution in [1.82, 2.24) is 4.90 Å². The summed E-state index contributed by atoms with van der Waals surface area (Å²) in [6, 6.07) is 5.85. The summed E-state index contributed by atoms with van der Waals surface area (Å²) < 4.78 is 0. The number of aryl methyl sites for hydroxylation is 1. The largest absolute Gasteiger partial charge is 0.385 e. The van der Waals surface area contributed by atoms with Crippen molar-refractivity contribution in [1.29, 1.82) is 0 Å². The zero-order valence-corrected chi connectivity index (χ0v) is 12.6. The number of anilines is 1. The molecule has 0 atom stereocenters. The van der Waals surface area contributed by atoms with Gasteiger partial charge in [-0.1, -0.05) is 32.3 Å². The molecule has 0 radical (unpaired) electrons. The third kappa shape index (κ3) is 4.93. The molecule has 0 saturated heterocycles. The molecule has 1 aromatic rings. The summed E-state index contributed by atoms with van der Waals surface area (Å²) in [5.41, 5.74) is 3.00. The number of carbonyl (C=O) groups is 1. The van der Waals surface area contributed by atoms with E-state index in [1.165, 1.54) is 31.2 Å². The number of hydrogen-bond acceptors (Lipinski definition) is 2.